The zero-order valence-electron chi connectivity index (χ0n) is 11.7. The number of benzene rings is 1. The summed E-state index contributed by atoms with van der Waals surface area (Å²) in [4.78, 5) is 18.7. The molecule has 0 unspecified atom stereocenters. The van der Waals surface area contributed by atoms with Crippen LogP contribution in [0.2, 0.25) is 0 Å². The van der Waals surface area contributed by atoms with Crippen molar-refractivity contribution in [2.75, 3.05) is 6.54 Å². The van der Waals surface area contributed by atoms with Crippen molar-refractivity contribution in [2.45, 2.75) is 20.3 Å². The van der Waals surface area contributed by atoms with Crippen LogP contribution < -0.4 is 0 Å². The Morgan fingerprint density at radius 3 is 2.80 bits per heavy atom. The summed E-state index contributed by atoms with van der Waals surface area (Å²) in [6.07, 6.45) is 4.22. The number of rotatable bonds is 5. The Morgan fingerprint density at radius 1 is 1.35 bits per heavy atom. The summed E-state index contributed by atoms with van der Waals surface area (Å²) in [7, 11) is 0. The van der Waals surface area contributed by atoms with Gasteiger partial charge in [-0.05, 0) is 31.9 Å². The molecule has 0 saturated carbocycles. The van der Waals surface area contributed by atoms with Crippen LogP contribution in [-0.2, 0) is 11.2 Å². The number of Topliss-reactive ketones (excluding diaryl/α,β-unsaturated/α-hetero) is 1. The van der Waals surface area contributed by atoms with Crippen molar-refractivity contribution < 1.29 is 9.90 Å². The second kappa shape index (κ2) is 6.19. The Hall–Kier alpha value is -2.36. The fourth-order valence-electron chi connectivity index (χ4n) is 2.12. The van der Waals surface area contributed by atoms with Gasteiger partial charge in [-0.15, -0.1) is 0 Å². The predicted octanol–water partition coefficient (Wildman–Crippen LogP) is 3.20. The molecule has 0 bridgehead atoms. The largest absolute Gasteiger partial charge is 0.512 e. The second-order valence-electron chi connectivity index (χ2n) is 4.70. The highest BCUT2D eigenvalue weighted by Crippen LogP contribution is 2.17. The number of aromatic amines is 1. The minimum Gasteiger partial charge on any atom is -0.512 e. The van der Waals surface area contributed by atoms with E-state index >= 15 is 0 Å². The number of aliphatic hydroxyl groups excluding tert-OH is 1. The molecule has 0 aliphatic rings. The summed E-state index contributed by atoms with van der Waals surface area (Å²) in [6, 6.07) is 8.11. The molecular weight excluding hydrogens is 252 g/mol. The molecule has 20 heavy (non-hydrogen) atoms. The number of H-pyrrole nitrogens is 1. The van der Waals surface area contributed by atoms with Gasteiger partial charge in [-0.25, -0.2) is 0 Å². The van der Waals surface area contributed by atoms with E-state index in [4.69, 9.17) is 0 Å². The number of carbonyl (C=O) groups excluding carboxylic acids is 1. The summed E-state index contributed by atoms with van der Waals surface area (Å²) in [5, 5.41) is 10.6. The minimum atomic E-state index is -0.180. The van der Waals surface area contributed by atoms with Crippen LogP contribution in [-0.4, -0.2) is 28.6 Å². The normalized spacial score (nSPS) is 12.9. The monoisotopic (exact) mass is 270 g/mol. The van der Waals surface area contributed by atoms with Crippen LogP contribution in [0.3, 0.4) is 0 Å². The number of aromatic nitrogens is 1. The molecule has 0 spiro atoms. The number of aliphatic imine (C=N–C) groups is 1. The van der Waals surface area contributed by atoms with Crippen molar-refractivity contribution in [3.63, 3.8) is 0 Å². The Bertz CT molecular complexity index is 677. The molecule has 0 saturated heterocycles. The van der Waals surface area contributed by atoms with E-state index in [2.05, 4.69) is 16.0 Å². The Labute approximate surface area is 117 Å². The lowest BCUT2D eigenvalue weighted by Gasteiger charge is -1.98. The SMILES string of the molecule is CC(=O)/C(C=NCCc1c[nH]c2ccccc12)=C(/C)O. The maximum atomic E-state index is 11.3. The Balaban J connectivity index is 2.03. The number of hydrogen-bond acceptors (Lipinski definition) is 3. The highest BCUT2D eigenvalue weighted by Gasteiger charge is 2.05. The van der Waals surface area contributed by atoms with Gasteiger partial charge in [-0.3, -0.25) is 9.79 Å². The van der Waals surface area contributed by atoms with E-state index in [1.165, 1.54) is 31.0 Å². The average molecular weight is 270 g/mol. The maximum Gasteiger partial charge on any atom is 0.164 e. The van der Waals surface area contributed by atoms with Crippen molar-refractivity contribution >= 4 is 22.9 Å². The number of allylic oxidation sites excluding steroid dienone is 2. The summed E-state index contributed by atoms with van der Waals surface area (Å²) < 4.78 is 0. The first-order chi connectivity index (χ1) is 9.59. The van der Waals surface area contributed by atoms with Crippen LogP contribution in [0.4, 0.5) is 0 Å². The van der Waals surface area contributed by atoms with Crippen LogP contribution in [0, 0.1) is 0 Å². The van der Waals surface area contributed by atoms with Gasteiger partial charge in [0.2, 0.25) is 0 Å². The maximum absolute atomic E-state index is 11.3. The molecule has 4 nitrogen and oxygen atoms in total. The highest BCUT2D eigenvalue weighted by atomic mass is 16.3. The molecule has 1 aromatic carbocycles. The fourth-order valence-corrected chi connectivity index (χ4v) is 2.12. The number of carbonyl (C=O) groups is 1. The molecule has 2 N–H and O–H groups in total. The van der Waals surface area contributed by atoms with Crippen molar-refractivity contribution in [1.82, 2.24) is 4.98 Å². The van der Waals surface area contributed by atoms with E-state index in [9.17, 15) is 9.90 Å². The summed E-state index contributed by atoms with van der Waals surface area (Å²) >= 11 is 0. The van der Waals surface area contributed by atoms with Crippen LogP contribution in [0.25, 0.3) is 10.9 Å². The van der Waals surface area contributed by atoms with E-state index < -0.39 is 0 Å². The topological polar surface area (TPSA) is 65.5 Å². The van der Waals surface area contributed by atoms with Gasteiger partial charge in [0.15, 0.2) is 5.78 Å². The Morgan fingerprint density at radius 2 is 2.10 bits per heavy atom. The van der Waals surface area contributed by atoms with Gasteiger partial charge in [-0.2, -0.15) is 0 Å². The summed E-state index contributed by atoms with van der Waals surface area (Å²) in [5.74, 6) is -0.172. The van der Waals surface area contributed by atoms with Crippen LogP contribution in [0.1, 0.15) is 19.4 Å². The highest BCUT2D eigenvalue weighted by molar-refractivity contribution is 6.12. The summed E-state index contributed by atoms with van der Waals surface area (Å²) in [6.45, 7) is 3.48. The molecule has 0 fully saturated rings. The van der Waals surface area contributed by atoms with Crippen LogP contribution in [0.5, 0.6) is 0 Å². The first-order valence-corrected chi connectivity index (χ1v) is 6.55. The number of para-hydroxylation sites is 1. The molecular formula is C16H18N2O2. The molecule has 104 valence electrons. The van der Waals surface area contributed by atoms with E-state index in [0.29, 0.717) is 6.54 Å². The number of nitrogens with one attached hydrogen (secondary N) is 1. The molecule has 0 radical (unpaired) electrons. The molecule has 0 amide bonds. The number of ketones is 1. The smallest absolute Gasteiger partial charge is 0.164 e. The molecule has 0 aliphatic carbocycles. The van der Waals surface area contributed by atoms with Gasteiger partial charge in [0.25, 0.3) is 0 Å². The van der Waals surface area contributed by atoms with E-state index in [-0.39, 0.29) is 17.1 Å². The van der Waals surface area contributed by atoms with Crippen molar-refractivity contribution in [3.05, 3.63) is 47.4 Å². The third kappa shape index (κ3) is 3.15. The lowest BCUT2D eigenvalue weighted by molar-refractivity contribution is -0.113. The molecule has 0 aliphatic heterocycles. The quantitative estimate of drug-likeness (QED) is 0.498. The molecule has 0 atom stereocenters. The molecule has 4 heteroatoms. The average Bonchev–Trinajstić information content (AvgIpc) is 2.81. The van der Waals surface area contributed by atoms with Crippen LogP contribution >= 0.6 is 0 Å². The number of fused-ring (bicyclic) bond motifs is 1. The lowest BCUT2D eigenvalue weighted by Crippen LogP contribution is -2.02. The van der Waals surface area contributed by atoms with Crippen molar-refractivity contribution in [1.29, 1.82) is 0 Å². The minimum absolute atomic E-state index is 0.00773. The summed E-state index contributed by atoms with van der Waals surface area (Å²) in [5.41, 5.74) is 2.58. The first-order valence-electron chi connectivity index (χ1n) is 6.55. The van der Waals surface area contributed by atoms with Gasteiger partial charge < -0.3 is 10.1 Å². The van der Waals surface area contributed by atoms with E-state index in [0.717, 1.165) is 11.9 Å². The van der Waals surface area contributed by atoms with Gasteiger partial charge >= 0.3 is 0 Å². The van der Waals surface area contributed by atoms with Gasteiger partial charge in [0.05, 0.1) is 5.57 Å². The number of nitrogens with zero attached hydrogens (tertiary/aromatic N) is 1. The zero-order valence-corrected chi connectivity index (χ0v) is 11.7. The second-order valence-corrected chi connectivity index (χ2v) is 4.70. The first kappa shape index (κ1) is 14.1. The van der Waals surface area contributed by atoms with Gasteiger partial charge in [-0.1, -0.05) is 18.2 Å². The zero-order chi connectivity index (χ0) is 14.5. The lowest BCUT2D eigenvalue weighted by atomic mass is 10.1. The van der Waals surface area contributed by atoms with E-state index in [1.807, 2.05) is 24.4 Å². The number of hydrogen-bond donors (Lipinski definition) is 2. The van der Waals surface area contributed by atoms with Crippen molar-refractivity contribution in [2.24, 2.45) is 4.99 Å². The molecule has 2 rings (SSSR count). The molecule has 1 heterocycles. The fraction of sp³-hybridized carbons (Fsp3) is 0.250. The van der Waals surface area contributed by atoms with Gasteiger partial charge in [0, 0.05) is 29.9 Å². The molecule has 1 aromatic heterocycles. The Kier molecular flexibility index (Phi) is 4.35. The third-order valence-corrected chi connectivity index (χ3v) is 3.17. The predicted molar refractivity (Wildman–Crippen MR) is 81.4 cm³/mol. The van der Waals surface area contributed by atoms with E-state index in [1.54, 1.807) is 0 Å². The third-order valence-electron chi connectivity index (χ3n) is 3.17. The molecule has 2 aromatic rings. The standard InChI is InChI=1S/C16H18N2O2/c1-11(19)15(12(2)20)10-17-8-7-13-9-18-16-6-4-3-5-14(13)16/h3-6,9-10,18-19H,7-8H2,1-2H3/b15-11-,17-10?. The van der Waals surface area contributed by atoms with Gasteiger partial charge in [0.1, 0.15) is 5.76 Å². The van der Waals surface area contributed by atoms with Crippen LogP contribution in [0.15, 0.2) is 46.8 Å². The number of aliphatic hydroxyl groups is 1. The van der Waals surface area contributed by atoms with Crippen molar-refractivity contribution in [3.8, 4) is 0 Å².